The largest absolute Gasteiger partial charge is 0.330 e. The molecule has 0 spiro atoms. The van der Waals surface area contributed by atoms with E-state index in [9.17, 15) is 0 Å². The van der Waals surface area contributed by atoms with E-state index in [1.54, 1.807) is 0 Å². The molecule has 4 nitrogen and oxygen atoms in total. The zero-order valence-electron chi connectivity index (χ0n) is 14.3. The van der Waals surface area contributed by atoms with Crippen LogP contribution in [-0.4, -0.2) is 40.6 Å². The van der Waals surface area contributed by atoms with Gasteiger partial charge in [-0.15, -0.1) is 0 Å². The average molecular weight is 292 g/mol. The Morgan fingerprint density at radius 2 is 2.10 bits per heavy atom. The number of imidazole rings is 1. The molecule has 120 valence electrons. The van der Waals surface area contributed by atoms with Crippen LogP contribution in [0.25, 0.3) is 0 Å². The second-order valence-electron chi connectivity index (χ2n) is 6.53. The molecule has 1 aliphatic rings. The van der Waals surface area contributed by atoms with Gasteiger partial charge in [-0.05, 0) is 25.4 Å². The van der Waals surface area contributed by atoms with E-state index in [2.05, 4.69) is 42.5 Å². The first-order chi connectivity index (χ1) is 10.2. The Bertz CT molecular complexity index is 436. The minimum Gasteiger partial charge on any atom is -0.330 e. The van der Waals surface area contributed by atoms with Gasteiger partial charge < -0.3 is 14.8 Å². The fourth-order valence-corrected chi connectivity index (χ4v) is 3.20. The fraction of sp³-hybridized carbons (Fsp3) is 0.824. The van der Waals surface area contributed by atoms with Gasteiger partial charge in [-0.3, -0.25) is 0 Å². The molecular weight excluding hydrogens is 260 g/mol. The van der Waals surface area contributed by atoms with E-state index in [0.717, 1.165) is 45.6 Å². The number of likely N-dealkylation sites (N-methyl/N-ethyl adjacent to an activating group) is 1. The van der Waals surface area contributed by atoms with Crippen molar-refractivity contribution in [2.24, 2.45) is 5.92 Å². The van der Waals surface area contributed by atoms with Gasteiger partial charge in [-0.25, -0.2) is 4.98 Å². The van der Waals surface area contributed by atoms with Crippen molar-refractivity contribution in [3.05, 3.63) is 17.2 Å². The second-order valence-corrected chi connectivity index (χ2v) is 6.53. The maximum absolute atomic E-state index is 4.92. The van der Waals surface area contributed by atoms with Crippen LogP contribution in [0.2, 0.25) is 0 Å². The molecule has 21 heavy (non-hydrogen) atoms. The van der Waals surface area contributed by atoms with Gasteiger partial charge in [0.05, 0.1) is 5.69 Å². The standard InChI is InChI=1S/C17H32N4/c1-5-9-20(6-2)10-11-21-16-7-8-18-13-15(16)19-17(21)12-14(3)4/h14,18H,5-13H2,1-4H3. The van der Waals surface area contributed by atoms with Gasteiger partial charge in [0, 0.05) is 44.7 Å². The van der Waals surface area contributed by atoms with E-state index in [1.165, 1.54) is 30.2 Å². The molecule has 2 rings (SSSR count). The summed E-state index contributed by atoms with van der Waals surface area (Å²) in [6.07, 6.45) is 3.45. The average Bonchev–Trinajstić information content (AvgIpc) is 2.80. The van der Waals surface area contributed by atoms with Crippen LogP contribution in [0.4, 0.5) is 0 Å². The molecule has 0 aliphatic carbocycles. The summed E-state index contributed by atoms with van der Waals surface area (Å²) in [5.74, 6) is 1.96. The first-order valence-electron chi connectivity index (χ1n) is 8.65. The SMILES string of the molecule is CCCN(CC)CCn1c(CC(C)C)nc2c1CCNC2. The Labute approximate surface area is 129 Å². The molecule has 1 N–H and O–H groups in total. The van der Waals surface area contributed by atoms with E-state index in [-0.39, 0.29) is 0 Å². The van der Waals surface area contributed by atoms with Gasteiger partial charge in [0.25, 0.3) is 0 Å². The van der Waals surface area contributed by atoms with Crippen molar-refractivity contribution in [2.45, 2.75) is 60.0 Å². The molecule has 0 aromatic carbocycles. The Balaban J connectivity index is 2.13. The van der Waals surface area contributed by atoms with E-state index >= 15 is 0 Å². The number of nitrogens with zero attached hydrogens (tertiary/aromatic N) is 3. The summed E-state index contributed by atoms with van der Waals surface area (Å²) in [5, 5.41) is 3.44. The Kier molecular flexibility index (Phi) is 6.24. The lowest BCUT2D eigenvalue weighted by molar-refractivity contribution is 0.273. The summed E-state index contributed by atoms with van der Waals surface area (Å²) < 4.78 is 2.52. The van der Waals surface area contributed by atoms with E-state index in [1.807, 2.05) is 0 Å². The van der Waals surface area contributed by atoms with Crippen molar-refractivity contribution in [1.82, 2.24) is 19.8 Å². The van der Waals surface area contributed by atoms with Crippen LogP contribution in [0, 0.1) is 5.92 Å². The van der Waals surface area contributed by atoms with Crippen LogP contribution >= 0.6 is 0 Å². The summed E-state index contributed by atoms with van der Waals surface area (Å²) in [6, 6.07) is 0. The molecule has 0 bridgehead atoms. The lowest BCUT2D eigenvalue weighted by Crippen LogP contribution is -2.30. The predicted octanol–water partition coefficient (Wildman–Crippen LogP) is 2.46. The molecule has 4 heteroatoms. The van der Waals surface area contributed by atoms with Crippen LogP contribution in [0.15, 0.2) is 0 Å². The van der Waals surface area contributed by atoms with Gasteiger partial charge in [0.15, 0.2) is 0 Å². The summed E-state index contributed by atoms with van der Waals surface area (Å²) in [4.78, 5) is 7.47. The van der Waals surface area contributed by atoms with Crippen LogP contribution in [0.5, 0.6) is 0 Å². The number of aromatic nitrogens is 2. The van der Waals surface area contributed by atoms with Gasteiger partial charge in [0.1, 0.15) is 5.82 Å². The highest BCUT2D eigenvalue weighted by atomic mass is 15.2. The molecule has 0 atom stereocenters. The van der Waals surface area contributed by atoms with Crippen molar-refractivity contribution in [2.75, 3.05) is 26.2 Å². The second kappa shape index (κ2) is 7.95. The minimum atomic E-state index is 0.665. The quantitative estimate of drug-likeness (QED) is 0.799. The molecule has 0 saturated heterocycles. The molecule has 1 aliphatic heterocycles. The Morgan fingerprint density at radius 1 is 1.29 bits per heavy atom. The van der Waals surface area contributed by atoms with E-state index in [4.69, 9.17) is 4.98 Å². The van der Waals surface area contributed by atoms with Gasteiger partial charge in [-0.1, -0.05) is 27.7 Å². The zero-order valence-corrected chi connectivity index (χ0v) is 14.3. The number of nitrogens with one attached hydrogen (secondary N) is 1. The molecule has 1 aromatic rings. The number of rotatable bonds is 8. The first-order valence-corrected chi connectivity index (χ1v) is 8.65. The van der Waals surface area contributed by atoms with Crippen LogP contribution in [0.3, 0.4) is 0 Å². The molecule has 2 heterocycles. The maximum Gasteiger partial charge on any atom is 0.109 e. The molecule has 0 amide bonds. The monoisotopic (exact) mass is 292 g/mol. The van der Waals surface area contributed by atoms with Crippen LogP contribution in [-0.2, 0) is 25.9 Å². The Hall–Kier alpha value is -0.870. The molecule has 1 aromatic heterocycles. The topological polar surface area (TPSA) is 33.1 Å². The third-order valence-electron chi connectivity index (χ3n) is 4.28. The molecule has 0 radical (unpaired) electrons. The van der Waals surface area contributed by atoms with E-state index < -0.39 is 0 Å². The molecule has 0 saturated carbocycles. The third-order valence-corrected chi connectivity index (χ3v) is 4.28. The number of fused-ring (bicyclic) bond motifs is 1. The van der Waals surface area contributed by atoms with Gasteiger partial charge in [0.2, 0.25) is 0 Å². The molecule has 0 unspecified atom stereocenters. The highest BCUT2D eigenvalue weighted by Gasteiger charge is 2.20. The highest BCUT2D eigenvalue weighted by molar-refractivity contribution is 5.20. The van der Waals surface area contributed by atoms with Gasteiger partial charge >= 0.3 is 0 Å². The minimum absolute atomic E-state index is 0.665. The maximum atomic E-state index is 4.92. The summed E-state index contributed by atoms with van der Waals surface area (Å²) in [6.45, 7) is 15.7. The lowest BCUT2D eigenvalue weighted by Gasteiger charge is -2.22. The fourth-order valence-electron chi connectivity index (χ4n) is 3.20. The third kappa shape index (κ3) is 4.30. The number of hydrogen-bond donors (Lipinski definition) is 1. The molecular formula is C17H32N4. The Morgan fingerprint density at radius 3 is 2.76 bits per heavy atom. The first kappa shape index (κ1) is 16.5. The number of hydrogen-bond acceptors (Lipinski definition) is 3. The van der Waals surface area contributed by atoms with Crippen molar-refractivity contribution < 1.29 is 0 Å². The van der Waals surface area contributed by atoms with Crippen molar-refractivity contribution in [3.63, 3.8) is 0 Å². The lowest BCUT2D eigenvalue weighted by atomic mass is 10.1. The smallest absolute Gasteiger partial charge is 0.109 e. The van der Waals surface area contributed by atoms with Crippen molar-refractivity contribution >= 4 is 0 Å². The highest BCUT2D eigenvalue weighted by Crippen LogP contribution is 2.18. The van der Waals surface area contributed by atoms with Crippen molar-refractivity contribution in [1.29, 1.82) is 0 Å². The predicted molar refractivity (Wildman–Crippen MR) is 88.6 cm³/mol. The van der Waals surface area contributed by atoms with E-state index in [0.29, 0.717) is 5.92 Å². The molecule has 0 fully saturated rings. The summed E-state index contributed by atoms with van der Waals surface area (Å²) in [7, 11) is 0. The van der Waals surface area contributed by atoms with Gasteiger partial charge in [-0.2, -0.15) is 0 Å². The van der Waals surface area contributed by atoms with Crippen LogP contribution < -0.4 is 5.32 Å². The van der Waals surface area contributed by atoms with Crippen molar-refractivity contribution in [3.8, 4) is 0 Å². The normalized spacial score (nSPS) is 15.0. The zero-order chi connectivity index (χ0) is 15.2. The van der Waals surface area contributed by atoms with Crippen LogP contribution in [0.1, 0.15) is 51.3 Å². The summed E-state index contributed by atoms with van der Waals surface area (Å²) in [5.41, 5.74) is 2.77. The summed E-state index contributed by atoms with van der Waals surface area (Å²) >= 11 is 0.